The zero-order chi connectivity index (χ0) is 14.7. The first-order chi connectivity index (χ1) is 10.2. The van der Waals surface area contributed by atoms with Crippen molar-refractivity contribution in [3.63, 3.8) is 0 Å². The van der Waals surface area contributed by atoms with E-state index in [0.29, 0.717) is 11.3 Å². The van der Waals surface area contributed by atoms with Gasteiger partial charge in [-0.05, 0) is 30.3 Å². The topological polar surface area (TPSA) is 69.2 Å². The fourth-order valence-electron chi connectivity index (χ4n) is 1.86. The third-order valence-electron chi connectivity index (χ3n) is 2.77. The standard InChI is InChI=1S/C15H10N2O3S/c18-17(19)12-8-11(14-4-3-7-20-14)9-13(10-12)21-15-5-1-2-6-16-15/h1-10H. The van der Waals surface area contributed by atoms with Crippen LogP contribution in [0.3, 0.4) is 0 Å². The normalized spacial score (nSPS) is 10.5. The SMILES string of the molecule is O=[N+]([O-])c1cc(Sc2ccccn2)cc(-c2ccco2)c1. The summed E-state index contributed by atoms with van der Waals surface area (Å²) in [6.45, 7) is 0. The van der Waals surface area contributed by atoms with Crippen LogP contribution in [-0.4, -0.2) is 9.91 Å². The summed E-state index contributed by atoms with van der Waals surface area (Å²) in [5.74, 6) is 0.599. The number of aromatic nitrogens is 1. The molecule has 0 radical (unpaired) electrons. The predicted molar refractivity (Wildman–Crippen MR) is 79.2 cm³/mol. The van der Waals surface area contributed by atoms with Gasteiger partial charge in [0.1, 0.15) is 10.8 Å². The number of pyridine rings is 1. The van der Waals surface area contributed by atoms with E-state index < -0.39 is 4.92 Å². The minimum absolute atomic E-state index is 0.0299. The van der Waals surface area contributed by atoms with Gasteiger partial charge >= 0.3 is 0 Å². The molecule has 0 saturated carbocycles. The molecule has 3 rings (SSSR count). The monoisotopic (exact) mass is 298 g/mol. The summed E-state index contributed by atoms with van der Waals surface area (Å²) in [6.07, 6.45) is 3.23. The molecular weight excluding hydrogens is 288 g/mol. The minimum Gasteiger partial charge on any atom is -0.464 e. The van der Waals surface area contributed by atoms with Gasteiger partial charge in [0.2, 0.25) is 0 Å². The van der Waals surface area contributed by atoms with Crippen LogP contribution in [0.5, 0.6) is 0 Å². The van der Waals surface area contributed by atoms with Gasteiger partial charge in [0, 0.05) is 28.8 Å². The smallest absolute Gasteiger partial charge is 0.271 e. The van der Waals surface area contributed by atoms with Crippen LogP contribution in [0, 0.1) is 10.1 Å². The first kappa shape index (κ1) is 13.4. The van der Waals surface area contributed by atoms with Gasteiger partial charge in [-0.15, -0.1) is 0 Å². The Morgan fingerprint density at radius 1 is 1.14 bits per heavy atom. The molecule has 0 aliphatic heterocycles. The summed E-state index contributed by atoms with van der Waals surface area (Å²) in [6, 6.07) is 14.0. The maximum absolute atomic E-state index is 11.1. The Bertz CT molecular complexity index is 758. The Kier molecular flexibility index (Phi) is 3.70. The van der Waals surface area contributed by atoms with Crippen LogP contribution in [-0.2, 0) is 0 Å². The van der Waals surface area contributed by atoms with E-state index in [-0.39, 0.29) is 5.69 Å². The van der Waals surface area contributed by atoms with Crippen molar-refractivity contribution in [2.45, 2.75) is 9.92 Å². The van der Waals surface area contributed by atoms with Crippen molar-refractivity contribution in [2.75, 3.05) is 0 Å². The average molecular weight is 298 g/mol. The molecule has 104 valence electrons. The summed E-state index contributed by atoms with van der Waals surface area (Å²) < 4.78 is 5.31. The molecule has 0 fully saturated rings. The number of nitrogens with zero attached hydrogens (tertiary/aromatic N) is 2. The van der Waals surface area contributed by atoms with E-state index in [4.69, 9.17) is 4.42 Å². The third-order valence-corrected chi connectivity index (χ3v) is 3.69. The van der Waals surface area contributed by atoms with E-state index in [1.54, 1.807) is 24.6 Å². The average Bonchev–Trinajstić information content (AvgIpc) is 3.02. The number of nitro benzene ring substituents is 1. The lowest BCUT2D eigenvalue weighted by molar-refractivity contribution is -0.385. The van der Waals surface area contributed by atoms with Gasteiger partial charge in [-0.2, -0.15) is 0 Å². The second-order valence-electron chi connectivity index (χ2n) is 4.22. The summed E-state index contributed by atoms with van der Waals surface area (Å²) in [5, 5.41) is 11.9. The van der Waals surface area contributed by atoms with Crippen LogP contribution in [0.2, 0.25) is 0 Å². The number of rotatable bonds is 4. The zero-order valence-corrected chi connectivity index (χ0v) is 11.6. The quantitative estimate of drug-likeness (QED) is 0.527. The Labute approximate surface area is 124 Å². The van der Waals surface area contributed by atoms with Gasteiger partial charge in [-0.1, -0.05) is 17.8 Å². The van der Waals surface area contributed by atoms with Crippen molar-refractivity contribution in [1.82, 2.24) is 4.98 Å². The molecule has 0 unspecified atom stereocenters. The zero-order valence-electron chi connectivity index (χ0n) is 10.8. The van der Waals surface area contributed by atoms with Crippen molar-refractivity contribution in [3.05, 3.63) is 71.1 Å². The lowest BCUT2D eigenvalue weighted by Gasteiger charge is -2.04. The molecule has 21 heavy (non-hydrogen) atoms. The lowest BCUT2D eigenvalue weighted by atomic mass is 10.1. The molecule has 0 aliphatic carbocycles. The van der Waals surface area contributed by atoms with Crippen LogP contribution >= 0.6 is 11.8 Å². The van der Waals surface area contributed by atoms with Crippen molar-refractivity contribution < 1.29 is 9.34 Å². The third kappa shape index (κ3) is 3.11. The summed E-state index contributed by atoms with van der Waals surface area (Å²) >= 11 is 1.37. The molecule has 0 atom stereocenters. The predicted octanol–water partition coefficient (Wildman–Crippen LogP) is 4.40. The summed E-state index contributed by atoms with van der Waals surface area (Å²) in [4.78, 5) is 15.6. The highest BCUT2D eigenvalue weighted by Gasteiger charge is 2.13. The molecule has 1 aromatic carbocycles. The van der Waals surface area contributed by atoms with Crippen LogP contribution in [0.15, 0.2) is 75.3 Å². The summed E-state index contributed by atoms with van der Waals surface area (Å²) in [5.41, 5.74) is 0.704. The fraction of sp³-hybridized carbons (Fsp3) is 0. The van der Waals surface area contributed by atoms with Crippen molar-refractivity contribution in [3.8, 4) is 11.3 Å². The van der Waals surface area contributed by atoms with E-state index in [1.165, 1.54) is 23.9 Å². The summed E-state index contributed by atoms with van der Waals surface area (Å²) in [7, 11) is 0. The van der Waals surface area contributed by atoms with Gasteiger partial charge in [0.05, 0.1) is 11.2 Å². The van der Waals surface area contributed by atoms with Crippen LogP contribution < -0.4 is 0 Å². The molecule has 2 aromatic heterocycles. The Morgan fingerprint density at radius 2 is 2.05 bits per heavy atom. The minimum atomic E-state index is -0.408. The maximum Gasteiger partial charge on any atom is 0.271 e. The number of benzene rings is 1. The highest BCUT2D eigenvalue weighted by Crippen LogP contribution is 2.33. The second-order valence-corrected chi connectivity index (χ2v) is 5.31. The van der Waals surface area contributed by atoms with Crippen LogP contribution in [0.25, 0.3) is 11.3 Å². The number of nitro groups is 1. The number of hydrogen-bond donors (Lipinski definition) is 0. The van der Waals surface area contributed by atoms with Crippen molar-refractivity contribution in [1.29, 1.82) is 0 Å². The molecule has 3 aromatic rings. The molecule has 0 saturated heterocycles. The van der Waals surface area contributed by atoms with Crippen molar-refractivity contribution >= 4 is 17.4 Å². The molecule has 6 heteroatoms. The second kappa shape index (κ2) is 5.80. The number of hydrogen-bond acceptors (Lipinski definition) is 5. The molecule has 0 aliphatic rings. The van der Waals surface area contributed by atoms with Gasteiger partial charge in [-0.25, -0.2) is 4.98 Å². The van der Waals surface area contributed by atoms with E-state index in [1.807, 2.05) is 24.3 Å². The maximum atomic E-state index is 11.1. The largest absolute Gasteiger partial charge is 0.464 e. The Hall–Kier alpha value is -2.60. The highest BCUT2D eigenvalue weighted by molar-refractivity contribution is 7.99. The lowest BCUT2D eigenvalue weighted by Crippen LogP contribution is -1.90. The van der Waals surface area contributed by atoms with Crippen LogP contribution in [0.1, 0.15) is 0 Å². The fourth-order valence-corrected chi connectivity index (χ4v) is 2.73. The van der Waals surface area contributed by atoms with E-state index in [0.717, 1.165) is 9.92 Å². The van der Waals surface area contributed by atoms with Crippen LogP contribution in [0.4, 0.5) is 5.69 Å². The molecule has 0 N–H and O–H groups in total. The van der Waals surface area contributed by atoms with Gasteiger partial charge in [0.15, 0.2) is 0 Å². The van der Waals surface area contributed by atoms with Gasteiger partial charge < -0.3 is 4.42 Å². The first-order valence-corrected chi connectivity index (χ1v) is 6.96. The molecule has 0 bridgehead atoms. The molecular formula is C15H10N2O3S. The molecule has 2 heterocycles. The van der Waals surface area contributed by atoms with Crippen molar-refractivity contribution in [2.24, 2.45) is 0 Å². The van der Waals surface area contributed by atoms with Gasteiger partial charge in [0.25, 0.3) is 5.69 Å². The number of non-ortho nitro benzene ring substituents is 1. The molecule has 0 spiro atoms. The Balaban J connectivity index is 2.02. The highest BCUT2D eigenvalue weighted by atomic mass is 32.2. The molecule has 0 amide bonds. The van der Waals surface area contributed by atoms with E-state index >= 15 is 0 Å². The van der Waals surface area contributed by atoms with E-state index in [9.17, 15) is 10.1 Å². The first-order valence-electron chi connectivity index (χ1n) is 6.14. The number of furan rings is 1. The van der Waals surface area contributed by atoms with E-state index in [2.05, 4.69) is 4.98 Å². The van der Waals surface area contributed by atoms with Gasteiger partial charge in [-0.3, -0.25) is 10.1 Å². The Morgan fingerprint density at radius 3 is 2.71 bits per heavy atom. The molecule has 5 nitrogen and oxygen atoms in total.